The summed E-state index contributed by atoms with van der Waals surface area (Å²) in [6, 6.07) is 25.8. The van der Waals surface area contributed by atoms with E-state index >= 15 is 0 Å². The van der Waals surface area contributed by atoms with Crippen LogP contribution in [-0.2, 0) is 0 Å². The highest BCUT2D eigenvalue weighted by atomic mass is 28.3. The van der Waals surface area contributed by atoms with Crippen molar-refractivity contribution in [2.75, 3.05) is 0 Å². The number of rotatable bonds is 4. The molecule has 1 heterocycles. The molecule has 3 rings (SSSR count). The molecule has 26 heavy (non-hydrogen) atoms. The van der Waals surface area contributed by atoms with E-state index in [9.17, 15) is 0 Å². The highest BCUT2D eigenvalue weighted by molar-refractivity contribution is 7.02. The van der Waals surface area contributed by atoms with Gasteiger partial charge < -0.3 is 0 Å². The molecule has 0 aromatic heterocycles. The van der Waals surface area contributed by atoms with Crippen LogP contribution in [0.1, 0.15) is 39.5 Å². The highest BCUT2D eigenvalue weighted by Crippen LogP contribution is 2.38. The molecule has 0 saturated heterocycles. The molecule has 2 aromatic carbocycles. The third kappa shape index (κ3) is 3.42. The van der Waals surface area contributed by atoms with Crippen LogP contribution in [0.25, 0.3) is 0 Å². The first kappa shape index (κ1) is 19.4. The topological polar surface area (TPSA) is 0 Å². The molecular formula is C24H34Si2. The molecule has 138 valence electrons. The fraction of sp³-hybridized carbons (Fsp3) is 0.417. The summed E-state index contributed by atoms with van der Waals surface area (Å²) in [7, 11) is -3.23. The molecule has 0 amide bonds. The maximum atomic E-state index is 2.65. The fourth-order valence-corrected chi connectivity index (χ4v) is 15.9. The van der Waals surface area contributed by atoms with Crippen molar-refractivity contribution in [1.82, 2.24) is 0 Å². The fourth-order valence-electron chi connectivity index (χ4n) is 5.38. The molecule has 2 heteroatoms. The van der Waals surface area contributed by atoms with Gasteiger partial charge in [-0.25, -0.2) is 0 Å². The SMILES string of the molecule is CC/C1=C(\CC)[Si@](C)(c2ccccc2)CCCC[Si@@]1(C)c1ccccc1. The first-order valence-electron chi connectivity index (χ1n) is 10.4. The average Bonchev–Trinajstić information content (AvgIpc) is 2.69. The Balaban J connectivity index is 2.24. The van der Waals surface area contributed by atoms with Crippen LogP contribution in [0.4, 0.5) is 0 Å². The minimum atomic E-state index is -1.62. The summed E-state index contributed by atoms with van der Waals surface area (Å²) in [5.41, 5.74) is 0. The number of hydrogen-bond donors (Lipinski definition) is 0. The molecule has 0 unspecified atom stereocenters. The van der Waals surface area contributed by atoms with Crippen LogP contribution in [-0.4, -0.2) is 16.1 Å². The van der Waals surface area contributed by atoms with Crippen molar-refractivity contribution in [2.45, 2.75) is 64.7 Å². The number of benzene rings is 2. The van der Waals surface area contributed by atoms with Crippen molar-refractivity contribution >= 4 is 26.5 Å². The maximum Gasteiger partial charge on any atom is 0.110 e. The smallest absolute Gasteiger partial charge is 0.0802 e. The van der Waals surface area contributed by atoms with Crippen molar-refractivity contribution in [1.29, 1.82) is 0 Å². The zero-order valence-corrected chi connectivity index (χ0v) is 19.0. The van der Waals surface area contributed by atoms with Gasteiger partial charge in [-0.05, 0) is 24.9 Å². The first-order chi connectivity index (χ1) is 12.6. The first-order valence-corrected chi connectivity index (χ1v) is 15.8. The Labute approximate surface area is 162 Å². The molecule has 0 bridgehead atoms. The summed E-state index contributed by atoms with van der Waals surface area (Å²) in [4.78, 5) is 0. The molecule has 0 aliphatic carbocycles. The molecule has 0 fully saturated rings. The highest BCUT2D eigenvalue weighted by Gasteiger charge is 2.42. The molecule has 0 radical (unpaired) electrons. The van der Waals surface area contributed by atoms with E-state index < -0.39 is 16.1 Å². The van der Waals surface area contributed by atoms with Crippen molar-refractivity contribution in [2.24, 2.45) is 0 Å². The normalized spacial score (nSPS) is 29.8. The van der Waals surface area contributed by atoms with E-state index in [0.29, 0.717) is 0 Å². The van der Waals surface area contributed by atoms with E-state index in [1.807, 2.05) is 10.4 Å². The largest absolute Gasteiger partial charge is 0.110 e. The second kappa shape index (κ2) is 8.10. The second-order valence-electron chi connectivity index (χ2n) is 8.27. The lowest BCUT2D eigenvalue weighted by Gasteiger charge is -2.41. The van der Waals surface area contributed by atoms with Crippen LogP contribution in [0, 0.1) is 0 Å². The third-order valence-electron chi connectivity index (χ3n) is 6.83. The summed E-state index contributed by atoms with van der Waals surface area (Å²) in [6.07, 6.45) is 5.26. The van der Waals surface area contributed by atoms with E-state index in [1.165, 1.54) is 37.8 Å². The summed E-state index contributed by atoms with van der Waals surface area (Å²) < 4.78 is 0. The summed E-state index contributed by atoms with van der Waals surface area (Å²) in [5.74, 6) is 0. The van der Waals surface area contributed by atoms with Crippen LogP contribution >= 0.6 is 0 Å². The van der Waals surface area contributed by atoms with Crippen molar-refractivity contribution in [3.63, 3.8) is 0 Å². The Morgan fingerprint density at radius 1 is 0.615 bits per heavy atom. The Bertz CT molecular complexity index is 685. The van der Waals surface area contributed by atoms with Gasteiger partial charge in [0.2, 0.25) is 0 Å². The monoisotopic (exact) mass is 378 g/mol. The maximum absolute atomic E-state index is 2.65. The van der Waals surface area contributed by atoms with Crippen LogP contribution in [0.2, 0.25) is 25.2 Å². The molecule has 1 aliphatic rings. The van der Waals surface area contributed by atoms with Gasteiger partial charge in [0.15, 0.2) is 0 Å². The van der Waals surface area contributed by atoms with Gasteiger partial charge in [0.1, 0.15) is 16.1 Å². The predicted molar refractivity (Wildman–Crippen MR) is 122 cm³/mol. The van der Waals surface area contributed by atoms with E-state index in [0.717, 1.165) is 0 Å². The Morgan fingerprint density at radius 2 is 0.962 bits per heavy atom. The zero-order valence-electron chi connectivity index (χ0n) is 17.0. The van der Waals surface area contributed by atoms with Gasteiger partial charge in [0, 0.05) is 0 Å². The summed E-state index contributed by atoms with van der Waals surface area (Å²) >= 11 is 0. The van der Waals surface area contributed by atoms with Gasteiger partial charge in [-0.1, -0.05) is 121 Å². The van der Waals surface area contributed by atoms with Crippen molar-refractivity contribution in [3.05, 3.63) is 71.1 Å². The Hall–Kier alpha value is -1.39. The van der Waals surface area contributed by atoms with Crippen LogP contribution in [0.5, 0.6) is 0 Å². The van der Waals surface area contributed by atoms with E-state index in [-0.39, 0.29) is 0 Å². The van der Waals surface area contributed by atoms with Gasteiger partial charge in [-0.3, -0.25) is 0 Å². The minimum Gasteiger partial charge on any atom is -0.0802 e. The molecular weight excluding hydrogens is 344 g/mol. The molecule has 0 N–H and O–H groups in total. The van der Waals surface area contributed by atoms with Crippen LogP contribution < -0.4 is 10.4 Å². The van der Waals surface area contributed by atoms with Gasteiger partial charge in [-0.2, -0.15) is 0 Å². The van der Waals surface area contributed by atoms with Gasteiger partial charge in [0.05, 0.1) is 0 Å². The van der Waals surface area contributed by atoms with Crippen LogP contribution in [0.15, 0.2) is 71.1 Å². The third-order valence-corrected chi connectivity index (χ3v) is 17.0. The zero-order chi connectivity index (χ0) is 18.6. The van der Waals surface area contributed by atoms with E-state index in [2.05, 4.69) is 87.6 Å². The molecule has 1 aliphatic heterocycles. The van der Waals surface area contributed by atoms with E-state index in [4.69, 9.17) is 0 Å². The minimum absolute atomic E-state index is 1.23. The van der Waals surface area contributed by atoms with Gasteiger partial charge in [0.25, 0.3) is 0 Å². The lowest BCUT2D eigenvalue weighted by atomic mass is 10.3. The lowest BCUT2D eigenvalue weighted by molar-refractivity contribution is 0.844. The predicted octanol–water partition coefficient (Wildman–Crippen LogP) is 5.95. The second-order valence-corrected chi connectivity index (χ2v) is 17.0. The Morgan fingerprint density at radius 3 is 1.27 bits per heavy atom. The van der Waals surface area contributed by atoms with Gasteiger partial charge in [-0.15, -0.1) is 0 Å². The summed E-state index contributed by atoms with van der Waals surface area (Å²) in [5, 5.41) is 7.05. The number of allylic oxidation sites excluding steroid dienone is 2. The average molecular weight is 379 g/mol. The molecule has 2 aromatic rings. The van der Waals surface area contributed by atoms with Gasteiger partial charge >= 0.3 is 0 Å². The molecule has 2 atom stereocenters. The van der Waals surface area contributed by atoms with Crippen LogP contribution in [0.3, 0.4) is 0 Å². The Kier molecular flexibility index (Phi) is 6.04. The molecule has 0 spiro atoms. The van der Waals surface area contributed by atoms with Crippen molar-refractivity contribution < 1.29 is 0 Å². The lowest BCUT2D eigenvalue weighted by Crippen LogP contribution is -2.54. The quantitative estimate of drug-likeness (QED) is 0.577. The van der Waals surface area contributed by atoms with E-state index in [1.54, 1.807) is 10.4 Å². The number of hydrogen-bond acceptors (Lipinski definition) is 0. The van der Waals surface area contributed by atoms with Crippen molar-refractivity contribution in [3.8, 4) is 0 Å². The molecule has 0 saturated carbocycles. The summed E-state index contributed by atoms with van der Waals surface area (Å²) in [6.45, 7) is 10.1. The molecule has 0 nitrogen and oxygen atoms in total. The standard InChI is InChI=1S/C24H34Si2/c1-5-23-24(6-2)26(4,22-17-11-8-12-18-22)20-14-13-19-25(23,3)21-15-9-7-10-16-21/h7-12,15-18H,5-6,13-14,19-20H2,1-4H3/b24-23-/t25-,26-/m0/s1.